The van der Waals surface area contributed by atoms with Crippen LogP contribution in [-0.4, -0.2) is 54.2 Å². The van der Waals surface area contributed by atoms with Gasteiger partial charge in [-0.1, -0.05) is 66.8 Å². The molecule has 270 valence electrons. The normalized spacial score (nSPS) is 20.1. The number of thioether (sulfide) groups is 2. The lowest BCUT2D eigenvalue weighted by Crippen LogP contribution is -2.32. The van der Waals surface area contributed by atoms with Gasteiger partial charge in [0.05, 0.1) is 11.1 Å². The molecule has 5 aromatic rings. The Balaban J connectivity index is 1.31. The van der Waals surface area contributed by atoms with E-state index in [9.17, 15) is 24.3 Å². The van der Waals surface area contributed by atoms with E-state index < -0.39 is 23.6 Å². The first-order chi connectivity index (χ1) is 25.7. The Bertz CT molecular complexity index is 2650. The van der Waals surface area contributed by atoms with E-state index in [1.54, 1.807) is 17.8 Å². The van der Waals surface area contributed by atoms with Gasteiger partial charge in [-0.25, -0.2) is 0 Å². The van der Waals surface area contributed by atoms with Crippen molar-refractivity contribution in [3.63, 3.8) is 0 Å². The monoisotopic (exact) mass is 798 g/mol. The zero-order valence-corrected chi connectivity index (χ0v) is 32.9. The molecule has 3 aliphatic rings. The van der Waals surface area contributed by atoms with E-state index in [1.165, 1.54) is 35.9 Å². The Hall–Kier alpha value is -4.21. The highest BCUT2D eigenvalue weighted by atomic mass is 32.2. The fourth-order valence-electron chi connectivity index (χ4n) is 7.59. The predicted molar refractivity (Wildman–Crippen MR) is 219 cm³/mol. The Morgan fingerprint density at radius 1 is 0.962 bits per heavy atom. The molecule has 9 nitrogen and oxygen atoms in total. The molecule has 4 heterocycles. The van der Waals surface area contributed by atoms with Gasteiger partial charge in [-0.05, 0) is 85.2 Å². The third-order valence-corrected chi connectivity index (χ3v) is 14.8. The van der Waals surface area contributed by atoms with E-state index in [4.69, 9.17) is 12.2 Å². The van der Waals surface area contributed by atoms with Crippen molar-refractivity contribution in [3.8, 4) is 0 Å². The molecular formula is C39H34N4O5S5. The zero-order chi connectivity index (χ0) is 37.0. The third-order valence-electron chi connectivity index (χ3n) is 9.99. The smallest absolute Gasteiger partial charge is 0.323 e. The van der Waals surface area contributed by atoms with Crippen molar-refractivity contribution in [2.45, 2.75) is 56.1 Å². The highest BCUT2D eigenvalue weighted by Crippen LogP contribution is 2.52. The summed E-state index contributed by atoms with van der Waals surface area (Å²) in [4.78, 5) is 59.5. The van der Waals surface area contributed by atoms with Crippen LogP contribution in [0, 0.1) is 9.20 Å². The van der Waals surface area contributed by atoms with Crippen LogP contribution in [0.5, 0.6) is 0 Å². The van der Waals surface area contributed by atoms with Gasteiger partial charge in [0.2, 0.25) is 0 Å². The van der Waals surface area contributed by atoms with Crippen LogP contribution in [0.15, 0.2) is 87.3 Å². The molecule has 1 N–H and O–H groups in total. The summed E-state index contributed by atoms with van der Waals surface area (Å²) in [6.45, 7) is 1.81. The van der Waals surface area contributed by atoms with Crippen LogP contribution in [0.1, 0.15) is 48.8 Å². The number of carbonyl (C=O) groups is 2. The van der Waals surface area contributed by atoms with Crippen LogP contribution in [0.25, 0.3) is 11.0 Å². The number of carbonyl (C=O) groups excluding carboxylic acids is 1. The Kier molecular flexibility index (Phi) is 9.83. The molecule has 1 amide bonds. The number of benzene rings is 3. The highest BCUT2D eigenvalue weighted by molar-refractivity contribution is 8.30. The number of carboxylic acid groups (broad SMARTS) is 1. The third kappa shape index (κ3) is 6.43. The van der Waals surface area contributed by atoms with Crippen molar-refractivity contribution in [1.29, 1.82) is 0 Å². The van der Waals surface area contributed by atoms with E-state index in [0.717, 1.165) is 64.8 Å². The lowest BCUT2D eigenvalue weighted by atomic mass is 9.96. The number of aliphatic carboxylic acids is 1. The number of hydrogen-bond donors (Lipinski definition) is 1. The van der Waals surface area contributed by atoms with Crippen molar-refractivity contribution in [3.05, 3.63) is 129 Å². The van der Waals surface area contributed by atoms with E-state index in [2.05, 4.69) is 47.6 Å². The van der Waals surface area contributed by atoms with Crippen molar-refractivity contribution >= 4 is 97.0 Å². The topological polar surface area (TPSA) is 105 Å². The maximum Gasteiger partial charge on any atom is 0.323 e. The van der Waals surface area contributed by atoms with E-state index in [0.29, 0.717) is 36.9 Å². The number of thiazole rings is 2. The number of aromatic nitrogens is 2. The first-order valence-electron chi connectivity index (χ1n) is 17.2. The molecule has 2 aromatic heterocycles. The predicted octanol–water partition coefficient (Wildman–Crippen LogP) is 5.88. The SMILES string of the molecule is CCN1C(=O)/C(=c2\s/c(=c3/s/c(=C\c4ccc5c(c4)C4CCCC4N5c4ccc(SC)cc4)c(=O)n3CC(=O)O)c(=O)n2Cc2ccccc2)SC1=S. The molecule has 2 atom stereocenters. The molecule has 2 fully saturated rings. The van der Waals surface area contributed by atoms with Crippen LogP contribution in [0.4, 0.5) is 11.4 Å². The number of anilines is 2. The van der Waals surface area contributed by atoms with Gasteiger partial charge in [0.1, 0.15) is 29.6 Å². The number of nitrogens with zero attached hydrogens (tertiary/aromatic N) is 4. The molecule has 53 heavy (non-hydrogen) atoms. The molecule has 1 saturated heterocycles. The summed E-state index contributed by atoms with van der Waals surface area (Å²) in [5.41, 5.74) is 4.40. The van der Waals surface area contributed by atoms with Gasteiger partial charge in [-0.3, -0.25) is 33.2 Å². The minimum absolute atomic E-state index is 0.186. The summed E-state index contributed by atoms with van der Waals surface area (Å²) in [5, 5.41) is 9.90. The second-order valence-electron chi connectivity index (χ2n) is 13.1. The van der Waals surface area contributed by atoms with Gasteiger partial charge in [-0.15, -0.1) is 34.4 Å². The fraction of sp³-hybridized carbons (Fsp3) is 0.256. The van der Waals surface area contributed by atoms with Gasteiger partial charge in [-0.2, -0.15) is 0 Å². The molecule has 1 saturated carbocycles. The van der Waals surface area contributed by atoms with Gasteiger partial charge >= 0.3 is 5.97 Å². The maximum atomic E-state index is 14.3. The first-order valence-corrected chi connectivity index (χ1v) is 21.3. The molecule has 0 spiro atoms. The Morgan fingerprint density at radius 3 is 2.43 bits per heavy atom. The molecule has 0 radical (unpaired) electrons. The van der Waals surface area contributed by atoms with Gasteiger partial charge in [0.15, 0.2) is 0 Å². The summed E-state index contributed by atoms with van der Waals surface area (Å²) in [7, 11) is 0. The first kappa shape index (κ1) is 35.8. The van der Waals surface area contributed by atoms with Crippen LogP contribution in [-0.2, 0) is 22.7 Å². The van der Waals surface area contributed by atoms with Gasteiger partial charge < -0.3 is 10.0 Å². The molecule has 8 rings (SSSR count). The average molecular weight is 799 g/mol. The van der Waals surface area contributed by atoms with Crippen molar-refractivity contribution in [2.75, 3.05) is 17.7 Å². The molecule has 3 aromatic carbocycles. The average Bonchev–Trinajstić information content (AvgIpc) is 3.95. The van der Waals surface area contributed by atoms with Crippen molar-refractivity contribution in [2.24, 2.45) is 0 Å². The van der Waals surface area contributed by atoms with Crippen molar-refractivity contribution < 1.29 is 14.7 Å². The van der Waals surface area contributed by atoms with E-state index >= 15 is 0 Å². The second kappa shape index (κ2) is 14.6. The van der Waals surface area contributed by atoms with Crippen LogP contribution in [0.3, 0.4) is 0 Å². The molecule has 2 unspecified atom stereocenters. The Morgan fingerprint density at radius 2 is 1.74 bits per heavy atom. The lowest BCUT2D eigenvalue weighted by molar-refractivity contribution is -0.137. The highest BCUT2D eigenvalue weighted by Gasteiger charge is 2.42. The fourth-order valence-corrected chi connectivity index (χ4v) is 11.9. The number of thiocarbonyl (C=S) groups is 1. The van der Waals surface area contributed by atoms with Crippen LogP contribution < -0.4 is 25.2 Å². The number of hydrogen-bond acceptors (Lipinski definition) is 10. The Labute approximate surface area is 326 Å². The number of rotatable bonds is 8. The summed E-state index contributed by atoms with van der Waals surface area (Å²) in [5.74, 6) is -1.11. The lowest BCUT2D eigenvalue weighted by Gasteiger charge is -2.27. The number of carboxylic acids is 1. The quantitative estimate of drug-likeness (QED) is 0.152. The molecule has 14 heteroatoms. The summed E-state index contributed by atoms with van der Waals surface area (Å²) < 4.78 is 4.31. The zero-order valence-electron chi connectivity index (χ0n) is 28.8. The van der Waals surface area contributed by atoms with Crippen LogP contribution >= 0.6 is 58.4 Å². The number of amides is 1. The summed E-state index contributed by atoms with van der Waals surface area (Å²) in [6, 6.07) is 24.8. The second-order valence-corrected chi connectivity index (χ2v) is 17.6. The van der Waals surface area contributed by atoms with Gasteiger partial charge in [0, 0.05) is 34.8 Å². The number of fused-ring (bicyclic) bond motifs is 3. The van der Waals surface area contributed by atoms with Crippen LogP contribution in [0.2, 0.25) is 0 Å². The minimum atomic E-state index is -1.20. The van der Waals surface area contributed by atoms with E-state index in [-0.39, 0.29) is 21.6 Å². The standard InChI is InChI=1S/C39H34N4O5S5/c1-3-40-35(47)33(53-39(40)49)38-41(20-22-8-5-4-6-9-22)36(48)32(52-38)37-42(21-31(44)45)34(46)30(51-37)19-23-12-17-29-27(18-23)26-10-7-11-28(26)43(29)24-13-15-25(50-2)16-14-24/h4-6,8-9,12-19,26,28H,3,7,10-11,20-21H2,1-2H3,(H,44,45)/b30-19-,37-32+,38-33+. The van der Waals surface area contributed by atoms with E-state index in [1.807, 2.05) is 43.3 Å². The summed E-state index contributed by atoms with van der Waals surface area (Å²) >= 11 is 10.6. The largest absolute Gasteiger partial charge is 0.480 e. The molecule has 2 aliphatic heterocycles. The minimum Gasteiger partial charge on any atom is -0.480 e. The van der Waals surface area contributed by atoms with Crippen molar-refractivity contribution in [1.82, 2.24) is 14.0 Å². The maximum absolute atomic E-state index is 14.3. The molecule has 1 aliphatic carbocycles. The van der Waals surface area contributed by atoms with Gasteiger partial charge in [0.25, 0.3) is 17.0 Å². The molecule has 0 bridgehead atoms. The molecular weight excluding hydrogens is 765 g/mol. The summed E-state index contributed by atoms with van der Waals surface area (Å²) in [6.07, 6.45) is 7.21.